The maximum Gasteiger partial charge on any atom is 0.234 e. The molecule has 2 heterocycles. The number of hydrogen-bond acceptors (Lipinski definition) is 4. The van der Waals surface area contributed by atoms with E-state index in [0.717, 1.165) is 31.5 Å². The number of likely N-dealkylation sites (tertiary alicyclic amines) is 1. The van der Waals surface area contributed by atoms with Crippen LogP contribution in [0.1, 0.15) is 18.4 Å². The molecule has 6 nitrogen and oxygen atoms in total. The van der Waals surface area contributed by atoms with Gasteiger partial charge in [0, 0.05) is 24.9 Å². The van der Waals surface area contributed by atoms with E-state index in [1.807, 2.05) is 12.1 Å². The first-order valence-corrected chi connectivity index (χ1v) is 6.82. The number of nitrogens with one attached hydrogen (secondary N) is 1. The lowest BCUT2D eigenvalue weighted by atomic mass is 9.96. The molecule has 20 heavy (non-hydrogen) atoms. The predicted octanol–water partition coefficient (Wildman–Crippen LogP) is -0.105. The van der Waals surface area contributed by atoms with Crippen molar-refractivity contribution >= 4 is 11.8 Å². The fourth-order valence-electron chi connectivity index (χ4n) is 2.34. The molecule has 1 aromatic heterocycles. The lowest BCUT2D eigenvalue weighted by molar-refractivity contribution is -0.124. The largest absolute Gasteiger partial charge is 0.369 e. The van der Waals surface area contributed by atoms with Gasteiger partial charge in [0.25, 0.3) is 0 Å². The summed E-state index contributed by atoms with van der Waals surface area (Å²) in [7, 11) is 0. The lowest BCUT2D eigenvalue weighted by Crippen LogP contribution is -2.43. The number of pyridine rings is 1. The zero-order chi connectivity index (χ0) is 14.4. The third-order valence-electron chi connectivity index (χ3n) is 3.57. The maximum absolute atomic E-state index is 11.8. The van der Waals surface area contributed by atoms with E-state index in [1.165, 1.54) is 0 Å². The van der Waals surface area contributed by atoms with Crippen LogP contribution < -0.4 is 11.1 Å². The van der Waals surface area contributed by atoms with E-state index in [4.69, 9.17) is 5.73 Å². The highest BCUT2D eigenvalue weighted by Gasteiger charge is 2.23. The van der Waals surface area contributed by atoms with E-state index >= 15 is 0 Å². The summed E-state index contributed by atoms with van der Waals surface area (Å²) in [4.78, 5) is 28.9. The molecule has 0 spiro atoms. The Hall–Kier alpha value is -1.95. The van der Waals surface area contributed by atoms with Gasteiger partial charge >= 0.3 is 0 Å². The molecule has 2 rings (SSSR count). The third-order valence-corrected chi connectivity index (χ3v) is 3.57. The highest BCUT2D eigenvalue weighted by atomic mass is 16.2. The van der Waals surface area contributed by atoms with Gasteiger partial charge in [0.2, 0.25) is 11.8 Å². The van der Waals surface area contributed by atoms with E-state index in [1.54, 1.807) is 12.4 Å². The monoisotopic (exact) mass is 276 g/mol. The minimum Gasteiger partial charge on any atom is -0.369 e. The number of primary amides is 1. The maximum atomic E-state index is 11.8. The second kappa shape index (κ2) is 7.00. The zero-order valence-electron chi connectivity index (χ0n) is 11.4. The quantitative estimate of drug-likeness (QED) is 0.785. The van der Waals surface area contributed by atoms with Gasteiger partial charge in [-0.05, 0) is 37.6 Å². The second-order valence-electron chi connectivity index (χ2n) is 5.09. The van der Waals surface area contributed by atoms with Crippen LogP contribution in [0.3, 0.4) is 0 Å². The summed E-state index contributed by atoms with van der Waals surface area (Å²) in [5.74, 6) is -0.276. The van der Waals surface area contributed by atoms with Gasteiger partial charge in [-0.15, -0.1) is 0 Å². The molecule has 0 bridgehead atoms. The van der Waals surface area contributed by atoms with Crippen LogP contribution in [0.15, 0.2) is 24.5 Å². The third kappa shape index (κ3) is 4.31. The van der Waals surface area contributed by atoms with Crippen LogP contribution in [-0.4, -0.2) is 41.3 Å². The smallest absolute Gasteiger partial charge is 0.234 e. The molecular formula is C14H20N4O2. The topological polar surface area (TPSA) is 88.3 Å². The zero-order valence-corrected chi connectivity index (χ0v) is 11.4. The van der Waals surface area contributed by atoms with Gasteiger partial charge in [-0.25, -0.2) is 0 Å². The van der Waals surface area contributed by atoms with Crippen molar-refractivity contribution in [3.8, 4) is 0 Å². The minimum atomic E-state index is -0.231. The summed E-state index contributed by atoms with van der Waals surface area (Å²) >= 11 is 0. The van der Waals surface area contributed by atoms with Crippen molar-refractivity contribution in [1.29, 1.82) is 0 Å². The standard InChI is InChI=1S/C14H20N4O2/c15-14(20)12-3-6-18(7-4-12)10-13(19)17-9-11-2-1-5-16-8-11/h1-2,5,8,12H,3-4,6-7,9-10H2,(H2,15,20)(H,17,19). The van der Waals surface area contributed by atoms with Crippen LogP contribution >= 0.6 is 0 Å². The van der Waals surface area contributed by atoms with E-state index in [2.05, 4.69) is 15.2 Å². The first-order chi connectivity index (χ1) is 9.65. The van der Waals surface area contributed by atoms with Crippen molar-refractivity contribution in [3.05, 3.63) is 30.1 Å². The summed E-state index contributed by atoms with van der Waals surface area (Å²) in [6.45, 7) is 2.35. The second-order valence-corrected chi connectivity index (χ2v) is 5.09. The molecule has 2 amide bonds. The number of carbonyl (C=O) groups is 2. The number of carbonyl (C=O) groups excluding carboxylic acids is 2. The molecule has 1 saturated heterocycles. The van der Waals surface area contributed by atoms with Crippen molar-refractivity contribution in [3.63, 3.8) is 0 Å². The van der Waals surface area contributed by atoms with Crippen molar-refractivity contribution in [2.75, 3.05) is 19.6 Å². The van der Waals surface area contributed by atoms with Crippen molar-refractivity contribution in [2.45, 2.75) is 19.4 Å². The Morgan fingerprint density at radius 3 is 2.75 bits per heavy atom. The Morgan fingerprint density at radius 2 is 2.15 bits per heavy atom. The lowest BCUT2D eigenvalue weighted by Gasteiger charge is -2.29. The van der Waals surface area contributed by atoms with Crippen LogP contribution in [0, 0.1) is 5.92 Å². The van der Waals surface area contributed by atoms with E-state index in [-0.39, 0.29) is 17.7 Å². The van der Waals surface area contributed by atoms with Crippen molar-refractivity contribution in [1.82, 2.24) is 15.2 Å². The number of nitrogens with zero attached hydrogens (tertiary/aromatic N) is 2. The molecule has 0 saturated carbocycles. The summed E-state index contributed by atoms with van der Waals surface area (Å²) in [6, 6.07) is 3.77. The molecule has 0 atom stereocenters. The van der Waals surface area contributed by atoms with Gasteiger partial charge in [0.05, 0.1) is 6.54 Å². The number of aromatic nitrogens is 1. The SMILES string of the molecule is NC(=O)C1CCN(CC(=O)NCc2cccnc2)CC1. The Bertz CT molecular complexity index is 456. The summed E-state index contributed by atoms with van der Waals surface area (Å²) < 4.78 is 0. The molecule has 6 heteroatoms. The van der Waals surface area contributed by atoms with Crippen molar-refractivity contribution < 1.29 is 9.59 Å². The average molecular weight is 276 g/mol. The number of piperidine rings is 1. The summed E-state index contributed by atoms with van der Waals surface area (Å²) in [6.07, 6.45) is 4.92. The molecule has 0 unspecified atom stereocenters. The molecule has 1 aliphatic heterocycles. The molecule has 1 aliphatic rings. The fourth-order valence-corrected chi connectivity index (χ4v) is 2.34. The minimum absolute atomic E-state index is 0.00798. The Morgan fingerprint density at radius 1 is 1.40 bits per heavy atom. The van der Waals surface area contributed by atoms with Crippen LogP contribution in [0.25, 0.3) is 0 Å². The van der Waals surface area contributed by atoms with Gasteiger partial charge in [-0.3, -0.25) is 19.5 Å². The van der Waals surface area contributed by atoms with Gasteiger partial charge < -0.3 is 11.1 Å². The predicted molar refractivity (Wildman–Crippen MR) is 74.4 cm³/mol. The van der Waals surface area contributed by atoms with Gasteiger partial charge in [0.15, 0.2) is 0 Å². The van der Waals surface area contributed by atoms with Crippen molar-refractivity contribution in [2.24, 2.45) is 11.7 Å². The van der Waals surface area contributed by atoms with E-state index in [9.17, 15) is 9.59 Å². The molecule has 108 valence electrons. The van der Waals surface area contributed by atoms with Gasteiger partial charge in [0.1, 0.15) is 0 Å². The Labute approximate surface area is 118 Å². The molecule has 0 aromatic carbocycles. The first kappa shape index (κ1) is 14.5. The van der Waals surface area contributed by atoms with Gasteiger partial charge in [-0.1, -0.05) is 6.07 Å². The van der Waals surface area contributed by atoms with E-state index < -0.39 is 0 Å². The number of nitrogens with two attached hydrogens (primary N) is 1. The molecule has 3 N–H and O–H groups in total. The molecule has 1 fully saturated rings. The highest BCUT2D eigenvalue weighted by molar-refractivity contribution is 5.78. The average Bonchev–Trinajstić information content (AvgIpc) is 2.47. The fraction of sp³-hybridized carbons (Fsp3) is 0.500. The van der Waals surface area contributed by atoms with E-state index in [0.29, 0.717) is 13.1 Å². The molecule has 1 aromatic rings. The van der Waals surface area contributed by atoms with Crippen LogP contribution in [0.4, 0.5) is 0 Å². The Kier molecular flexibility index (Phi) is 5.06. The number of rotatable bonds is 5. The number of hydrogen-bond donors (Lipinski definition) is 2. The van der Waals surface area contributed by atoms with Crippen LogP contribution in [-0.2, 0) is 16.1 Å². The van der Waals surface area contributed by atoms with Gasteiger partial charge in [-0.2, -0.15) is 0 Å². The molecule has 0 radical (unpaired) electrons. The summed E-state index contributed by atoms with van der Waals surface area (Å²) in [5, 5.41) is 2.87. The normalized spacial score (nSPS) is 16.8. The Balaban J connectivity index is 1.69. The van der Waals surface area contributed by atoms with Crippen LogP contribution in [0.2, 0.25) is 0 Å². The summed E-state index contributed by atoms with van der Waals surface area (Å²) in [5.41, 5.74) is 6.26. The molecule has 0 aliphatic carbocycles. The molecular weight excluding hydrogens is 256 g/mol. The number of amides is 2. The highest BCUT2D eigenvalue weighted by Crippen LogP contribution is 2.16. The first-order valence-electron chi connectivity index (χ1n) is 6.82. The van der Waals surface area contributed by atoms with Crippen LogP contribution in [0.5, 0.6) is 0 Å².